The highest BCUT2D eigenvalue weighted by Gasteiger charge is 2.15. The van der Waals surface area contributed by atoms with Gasteiger partial charge in [0.1, 0.15) is 0 Å². The molecule has 1 aliphatic heterocycles. The van der Waals surface area contributed by atoms with Crippen molar-refractivity contribution in [3.8, 4) is 0 Å². The number of aliphatic carboxylic acids is 1. The van der Waals surface area contributed by atoms with Crippen LogP contribution in [0.5, 0.6) is 0 Å². The van der Waals surface area contributed by atoms with E-state index in [0.717, 1.165) is 32.5 Å². The van der Waals surface area contributed by atoms with Crippen LogP contribution in [0.3, 0.4) is 0 Å². The number of hydrogen-bond donors (Lipinski definition) is 1. The van der Waals surface area contributed by atoms with E-state index in [2.05, 4.69) is 16.7 Å². The second-order valence-electron chi connectivity index (χ2n) is 8.42. The molecule has 1 aliphatic rings. The third kappa shape index (κ3) is 15.0. The summed E-state index contributed by atoms with van der Waals surface area (Å²) in [6.45, 7) is 9.32. The molecule has 4 nitrogen and oxygen atoms in total. The third-order valence-electron chi connectivity index (χ3n) is 5.91. The molecule has 1 fully saturated rings. The Balaban J connectivity index is 1.81. The van der Waals surface area contributed by atoms with Gasteiger partial charge in [0, 0.05) is 32.6 Å². The topological polar surface area (TPSA) is 43.8 Å². The molecule has 4 heteroatoms. The zero-order valence-corrected chi connectivity index (χ0v) is 18.1. The summed E-state index contributed by atoms with van der Waals surface area (Å²) >= 11 is 0. The lowest BCUT2D eigenvalue weighted by atomic mass is 10.1. The van der Waals surface area contributed by atoms with Crippen molar-refractivity contribution in [3.05, 3.63) is 0 Å². The van der Waals surface area contributed by atoms with E-state index >= 15 is 0 Å². The summed E-state index contributed by atoms with van der Waals surface area (Å²) in [5.41, 5.74) is 0. The van der Waals surface area contributed by atoms with Crippen LogP contribution >= 0.6 is 0 Å². The number of carbonyl (C=O) groups is 1. The first-order valence-electron chi connectivity index (χ1n) is 11.9. The van der Waals surface area contributed by atoms with Gasteiger partial charge >= 0.3 is 5.97 Å². The molecule has 160 valence electrons. The predicted octanol–water partition coefficient (Wildman–Crippen LogP) is 5.56. The van der Waals surface area contributed by atoms with E-state index in [1.54, 1.807) is 0 Å². The summed E-state index contributed by atoms with van der Waals surface area (Å²) in [6.07, 6.45) is 19.2. The summed E-state index contributed by atoms with van der Waals surface area (Å²) in [6, 6.07) is 0. The van der Waals surface area contributed by atoms with Crippen molar-refractivity contribution in [3.63, 3.8) is 0 Å². The first-order valence-corrected chi connectivity index (χ1v) is 11.9. The van der Waals surface area contributed by atoms with Crippen LogP contribution in [0.4, 0.5) is 0 Å². The molecule has 0 aliphatic carbocycles. The maximum absolute atomic E-state index is 10.5. The summed E-state index contributed by atoms with van der Waals surface area (Å²) < 4.78 is 0. The fourth-order valence-electron chi connectivity index (χ4n) is 4.02. The quantitative estimate of drug-likeness (QED) is 0.315. The lowest BCUT2D eigenvalue weighted by molar-refractivity contribution is -0.137. The van der Waals surface area contributed by atoms with Gasteiger partial charge in [0.2, 0.25) is 0 Å². The zero-order chi connectivity index (χ0) is 19.6. The predicted molar refractivity (Wildman–Crippen MR) is 115 cm³/mol. The minimum atomic E-state index is -0.665. The van der Waals surface area contributed by atoms with E-state index in [1.807, 2.05) is 0 Å². The van der Waals surface area contributed by atoms with E-state index in [4.69, 9.17) is 5.11 Å². The Morgan fingerprint density at radius 2 is 1.00 bits per heavy atom. The van der Waals surface area contributed by atoms with Crippen molar-refractivity contribution in [2.24, 2.45) is 0 Å². The first-order chi connectivity index (χ1) is 13.2. The van der Waals surface area contributed by atoms with Gasteiger partial charge in [0.05, 0.1) is 0 Å². The third-order valence-corrected chi connectivity index (χ3v) is 5.91. The van der Waals surface area contributed by atoms with Crippen LogP contribution in [0.2, 0.25) is 0 Å². The van der Waals surface area contributed by atoms with Crippen LogP contribution in [0.1, 0.15) is 103 Å². The van der Waals surface area contributed by atoms with Crippen LogP contribution in [0, 0.1) is 0 Å². The Kier molecular flexibility index (Phi) is 15.8. The number of piperazine rings is 1. The summed E-state index contributed by atoms with van der Waals surface area (Å²) in [5.74, 6) is -0.665. The van der Waals surface area contributed by atoms with Gasteiger partial charge in [-0.1, -0.05) is 77.6 Å². The average Bonchev–Trinajstić information content (AvgIpc) is 2.67. The van der Waals surface area contributed by atoms with Crippen molar-refractivity contribution in [1.29, 1.82) is 0 Å². The molecular weight excluding hydrogens is 336 g/mol. The van der Waals surface area contributed by atoms with Crippen molar-refractivity contribution in [2.75, 3.05) is 39.3 Å². The van der Waals surface area contributed by atoms with Crippen LogP contribution in [-0.4, -0.2) is 60.1 Å². The minimum absolute atomic E-state index is 0.318. The Hall–Kier alpha value is -0.610. The molecule has 0 aromatic rings. The molecule has 0 atom stereocenters. The lowest BCUT2D eigenvalue weighted by Gasteiger charge is -2.34. The molecule has 1 rings (SSSR count). The normalized spacial score (nSPS) is 16.0. The fourth-order valence-corrected chi connectivity index (χ4v) is 4.02. The molecule has 0 spiro atoms. The van der Waals surface area contributed by atoms with Gasteiger partial charge in [-0.25, -0.2) is 0 Å². The number of carboxylic acid groups (broad SMARTS) is 1. The van der Waals surface area contributed by atoms with Gasteiger partial charge in [-0.15, -0.1) is 0 Å². The van der Waals surface area contributed by atoms with E-state index in [1.165, 1.54) is 96.7 Å². The van der Waals surface area contributed by atoms with E-state index in [-0.39, 0.29) is 0 Å². The Labute approximate surface area is 168 Å². The smallest absolute Gasteiger partial charge is 0.303 e. The molecule has 0 saturated carbocycles. The highest BCUT2D eigenvalue weighted by molar-refractivity contribution is 5.66. The van der Waals surface area contributed by atoms with E-state index in [9.17, 15) is 4.79 Å². The summed E-state index contributed by atoms with van der Waals surface area (Å²) in [4.78, 5) is 15.6. The SMILES string of the molecule is CCCCCCCCCCCCCCN1CCN(CCCCC(=O)O)CC1. The van der Waals surface area contributed by atoms with Gasteiger partial charge < -0.3 is 14.9 Å². The number of hydrogen-bond acceptors (Lipinski definition) is 3. The molecule has 0 radical (unpaired) electrons. The Bertz CT molecular complexity index is 341. The van der Waals surface area contributed by atoms with Gasteiger partial charge in [-0.3, -0.25) is 4.79 Å². The lowest BCUT2D eigenvalue weighted by Crippen LogP contribution is -2.46. The zero-order valence-electron chi connectivity index (χ0n) is 18.1. The second kappa shape index (κ2) is 17.5. The maximum Gasteiger partial charge on any atom is 0.303 e. The van der Waals surface area contributed by atoms with Crippen LogP contribution < -0.4 is 0 Å². The van der Waals surface area contributed by atoms with Crippen molar-refractivity contribution >= 4 is 5.97 Å². The molecule has 0 amide bonds. The highest BCUT2D eigenvalue weighted by atomic mass is 16.4. The largest absolute Gasteiger partial charge is 0.481 e. The average molecular weight is 383 g/mol. The number of nitrogens with zero attached hydrogens (tertiary/aromatic N) is 2. The van der Waals surface area contributed by atoms with Gasteiger partial charge in [-0.05, 0) is 32.4 Å². The molecule has 0 aromatic heterocycles. The Morgan fingerprint density at radius 1 is 0.630 bits per heavy atom. The molecule has 1 saturated heterocycles. The molecule has 0 unspecified atom stereocenters. The maximum atomic E-state index is 10.5. The van der Waals surface area contributed by atoms with Crippen molar-refractivity contribution in [2.45, 2.75) is 103 Å². The molecule has 1 heterocycles. The van der Waals surface area contributed by atoms with E-state index in [0.29, 0.717) is 6.42 Å². The second-order valence-corrected chi connectivity index (χ2v) is 8.42. The molecule has 0 bridgehead atoms. The monoisotopic (exact) mass is 382 g/mol. The summed E-state index contributed by atoms with van der Waals surface area (Å²) in [7, 11) is 0. The number of unbranched alkanes of at least 4 members (excludes halogenated alkanes) is 12. The highest BCUT2D eigenvalue weighted by Crippen LogP contribution is 2.12. The number of carboxylic acids is 1. The van der Waals surface area contributed by atoms with Crippen LogP contribution in [0.15, 0.2) is 0 Å². The van der Waals surface area contributed by atoms with Gasteiger partial charge in [0.25, 0.3) is 0 Å². The molecule has 27 heavy (non-hydrogen) atoms. The van der Waals surface area contributed by atoms with Gasteiger partial charge in [-0.2, -0.15) is 0 Å². The van der Waals surface area contributed by atoms with Crippen LogP contribution in [-0.2, 0) is 4.79 Å². The standard InChI is InChI=1S/C23H46N2O2/c1-2-3-4-5-6-7-8-9-10-11-12-14-17-24-19-21-25(22-20-24)18-15-13-16-23(26)27/h2-22H2,1H3,(H,26,27). The fraction of sp³-hybridized carbons (Fsp3) is 0.957. The molecule has 0 aromatic carbocycles. The Morgan fingerprint density at radius 3 is 1.41 bits per heavy atom. The van der Waals surface area contributed by atoms with Crippen molar-refractivity contribution in [1.82, 2.24) is 9.80 Å². The number of rotatable bonds is 18. The minimum Gasteiger partial charge on any atom is -0.481 e. The molecule has 1 N–H and O–H groups in total. The summed E-state index contributed by atoms with van der Waals surface area (Å²) in [5, 5.41) is 8.68. The van der Waals surface area contributed by atoms with Crippen LogP contribution in [0.25, 0.3) is 0 Å². The molecular formula is C23H46N2O2. The van der Waals surface area contributed by atoms with E-state index < -0.39 is 5.97 Å². The van der Waals surface area contributed by atoms with Gasteiger partial charge in [0.15, 0.2) is 0 Å². The first kappa shape index (κ1) is 24.4. The van der Waals surface area contributed by atoms with Crippen molar-refractivity contribution < 1.29 is 9.90 Å².